The first kappa shape index (κ1) is 13.3. The highest BCUT2D eigenvalue weighted by atomic mass is 32.2. The molecule has 0 atom stereocenters. The SMILES string of the molecule is Cc1ccccc1S(=O)(=O)[NH+]=C(N)c1ccccc1. The summed E-state index contributed by atoms with van der Waals surface area (Å²) in [6.07, 6.45) is 0. The molecule has 0 bridgehead atoms. The second kappa shape index (κ2) is 5.24. The molecule has 0 heterocycles. The Kier molecular flexibility index (Phi) is 3.66. The van der Waals surface area contributed by atoms with Crippen LogP contribution in [0.5, 0.6) is 0 Å². The zero-order valence-electron chi connectivity index (χ0n) is 10.5. The molecule has 3 N–H and O–H groups in total. The Morgan fingerprint density at radius 2 is 1.58 bits per heavy atom. The summed E-state index contributed by atoms with van der Waals surface area (Å²) >= 11 is 0. The zero-order chi connectivity index (χ0) is 13.9. The Hall–Kier alpha value is -2.14. The van der Waals surface area contributed by atoms with E-state index in [0.29, 0.717) is 11.1 Å². The fraction of sp³-hybridized carbons (Fsp3) is 0.0714. The van der Waals surface area contributed by atoms with Crippen LogP contribution in [0.2, 0.25) is 0 Å². The van der Waals surface area contributed by atoms with Gasteiger partial charge in [-0.1, -0.05) is 36.4 Å². The summed E-state index contributed by atoms with van der Waals surface area (Å²) in [6, 6.07) is 15.7. The van der Waals surface area contributed by atoms with Gasteiger partial charge in [0.1, 0.15) is 4.90 Å². The molecule has 2 aromatic carbocycles. The third kappa shape index (κ3) is 3.00. The Morgan fingerprint density at radius 1 is 1.00 bits per heavy atom. The molecule has 0 aromatic heterocycles. The van der Waals surface area contributed by atoms with Gasteiger partial charge in [-0.05, 0) is 30.7 Å². The van der Waals surface area contributed by atoms with Gasteiger partial charge in [0.25, 0.3) is 5.84 Å². The number of hydrogen-bond donors (Lipinski definition) is 2. The van der Waals surface area contributed by atoms with Gasteiger partial charge in [0.05, 0.1) is 5.56 Å². The van der Waals surface area contributed by atoms with Gasteiger partial charge in [-0.2, -0.15) is 12.8 Å². The number of hydrogen-bond acceptors (Lipinski definition) is 2. The molecule has 0 spiro atoms. The van der Waals surface area contributed by atoms with Gasteiger partial charge in [-0.15, -0.1) is 0 Å². The van der Waals surface area contributed by atoms with Crippen molar-refractivity contribution < 1.29 is 12.8 Å². The van der Waals surface area contributed by atoms with E-state index in [1.807, 2.05) is 6.07 Å². The molecule has 0 saturated carbocycles. The number of nitrogens with two attached hydrogens (primary N) is 1. The van der Waals surface area contributed by atoms with Crippen molar-refractivity contribution in [3.63, 3.8) is 0 Å². The van der Waals surface area contributed by atoms with Crippen molar-refractivity contribution in [2.24, 2.45) is 5.73 Å². The van der Waals surface area contributed by atoms with Crippen LogP contribution >= 0.6 is 0 Å². The topological polar surface area (TPSA) is 74.1 Å². The summed E-state index contributed by atoms with van der Waals surface area (Å²) in [4.78, 5) is 0.230. The second-order valence-electron chi connectivity index (χ2n) is 4.15. The molecule has 0 radical (unpaired) electrons. The van der Waals surface area contributed by atoms with Gasteiger partial charge in [-0.25, -0.2) is 0 Å². The summed E-state index contributed by atoms with van der Waals surface area (Å²) in [5.74, 6) is 0.115. The molecule has 5 heteroatoms. The van der Waals surface area contributed by atoms with Crippen LogP contribution < -0.4 is 10.1 Å². The maximum Gasteiger partial charge on any atom is 0.329 e. The quantitative estimate of drug-likeness (QED) is 0.619. The van der Waals surface area contributed by atoms with E-state index in [9.17, 15) is 8.42 Å². The Balaban J connectivity index is 2.45. The number of sulfonamides is 1. The van der Waals surface area contributed by atoms with E-state index in [2.05, 4.69) is 4.40 Å². The first-order valence-electron chi connectivity index (χ1n) is 5.77. The number of nitrogens with one attached hydrogen (secondary N) is 1. The predicted octanol–water partition coefficient (Wildman–Crippen LogP) is 0.170. The number of benzene rings is 2. The molecule has 0 saturated heterocycles. The van der Waals surface area contributed by atoms with Gasteiger partial charge < -0.3 is 0 Å². The summed E-state index contributed by atoms with van der Waals surface area (Å²) in [7, 11) is -3.65. The second-order valence-corrected chi connectivity index (χ2v) is 5.80. The summed E-state index contributed by atoms with van der Waals surface area (Å²) < 4.78 is 26.8. The van der Waals surface area contributed by atoms with E-state index >= 15 is 0 Å². The van der Waals surface area contributed by atoms with Crippen molar-refractivity contribution in [3.05, 3.63) is 65.7 Å². The molecule has 0 aliphatic carbocycles. The minimum Gasteiger partial charge on any atom is -0.286 e. The highest BCUT2D eigenvalue weighted by Gasteiger charge is 2.19. The lowest BCUT2D eigenvalue weighted by molar-refractivity contribution is -0.268. The Morgan fingerprint density at radius 3 is 2.21 bits per heavy atom. The lowest BCUT2D eigenvalue weighted by Gasteiger charge is -2.02. The average molecular weight is 275 g/mol. The molecular formula is C14H15N2O2S+. The smallest absolute Gasteiger partial charge is 0.286 e. The van der Waals surface area contributed by atoms with Crippen LogP contribution in [0.4, 0.5) is 0 Å². The van der Waals surface area contributed by atoms with E-state index in [4.69, 9.17) is 5.73 Å². The first-order chi connectivity index (χ1) is 9.00. The van der Waals surface area contributed by atoms with Crippen LogP contribution in [0.25, 0.3) is 0 Å². The molecule has 0 unspecified atom stereocenters. The zero-order valence-corrected chi connectivity index (χ0v) is 11.3. The summed E-state index contributed by atoms with van der Waals surface area (Å²) in [5, 5.41) is 0. The molecule has 98 valence electrons. The van der Waals surface area contributed by atoms with Crippen molar-refractivity contribution in [1.29, 1.82) is 0 Å². The molecule has 0 amide bonds. The third-order valence-corrected chi connectivity index (χ3v) is 4.24. The van der Waals surface area contributed by atoms with Crippen molar-refractivity contribution in [2.45, 2.75) is 11.8 Å². The van der Waals surface area contributed by atoms with E-state index in [0.717, 1.165) is 0 Å². The number of aryl methyl sites for hydroxylation is 1. The maximum absolute atomic E-state index is 12.2. The first-order valence-corrected chi connectivity index (χ1v) is 7.25. The van der Waals surface area contributed by atoms with E-state index in [1.165, 1.54) is 0 Å². The van der Waals surface area contributed by atoms with Gasteiger partial charge in [0.2, 0.25) is 0 Å². The van der Waals surface area contributed by atoms with Crippen LogP contribution in [-0.4, -0.2) is 14.3 Å². The molecule has 2 rings (SSSR count). The van der Waals surface area contributed by atoms with Crippen LogP contribution in [-0.2, 0) is 10.0 Å². The lowest BCUT2D eigenvalue weighted by atomic mass is 10.2. The van der Waals surface area contributed by atoms with E-state index < -0.39 is 10.0 Å². The summed E-state index contributed by atoms with van der Waals surface area (Å²) in [5.41, 5.74) is 7.11. The molecule has 4 nitrogen and oxygen atoms in total. The van der Waals surface area contributed by atoms with Crippen LogP contribution in [0.1, 0.15) is 11.1 Å². The largest absolute Gasteiger partial charge is 0.329 e. The van der Waals surface area contributed by atoms with Crippen molar-refractivity contribution >= 4 is 15.9 Å². The number of amidine groups is 1. The maximum atomic E-state index is 12.2. The standard InChI is InChI=1S/C14H14N2O2S/c1-11-7-5-6-10-13(11)19(17,18)16-14(15)12-8-3-2-4-9-12/h2-10H,1H3,(H2,15,16)/p+1. The monoisotopic (exact) mass is 275 g/mol. The molecule has 0 aliphatic rings. The number of nitrogen functional groups attached to an aromatic ring is 1. The highest BCUT2D eigenvalue weighted by molar-refractivity contribution is 7.84. The highest BCUT2D eigenvalue weighted by Crippen LogP contribution is 2.10. The molecule has 19 heavy (non-hydrogen) atoms. The predicted molar refractivity (Wildman–Crippen MR) is 74.1 cm³/mol. The molecule has 2 aromatic rings. The fourth-order valence-corrected chi connectivity index (χ4v) is 3.00. The minimum absolute atomic E-state index is 0.115. The minimum atomic E-state index is -3.65. The lowest BCUT2D eigenvalue weighted by Crippen LogP contribution is -2.78. The molecule has 0 fully saturated rings. The van der Waals surface area contributed by atoms with Gasteiger partial charge in [0, 0.05) is 0 Å². The van der Waals surface area contributed by atoms with Crippen LogP contribution in [0.3, 0.4) is 0 Å². The molecule has 0 aliphatic heterocycles. The third-order valence-electron chi connectivity index (χ3n) is 2.71. The fourth-order valence-electron chi connectivity index (χ4n) is 1.73. The van der Waals surface area contributed by atoms with E-state index in [-0.39, 0.29) is 10.7 Å². The van der Waals surface area contributed by atoms with E-state index in [1.54, 1.807) is 55.5 Å². The van der Waals surface area contributed by atoms with Gasteiger partial charge in [0.15, 0.2) is 0 Å². The van der Waals surface area contributed by atoms with Gasteiger partial charge in [-0.3, -0.25) is 5.73 Å². The van der Waals surface area contributed by atoms with Crippen LogP contribution in [0, 0.1) is 6.92 Å². The van der Waals surface area contributed by atoms with Crippen molar-refractivity contribution in [1.82, 2.24) is 0 Å². The normalized spacial score (nSPS) is 12.4. The number of rotatable bonds is 3. The average Bonchev–Trinajstić information content (AvgIpc) is 2.39. The van der Waals surface area contributed by atoms with Crippen LogP contribution in [0.15, 0.2) is 59.5 Å². The van der Waals surface area contributed by atoms with Crippen molar-refractivity contribution in [3.8, 4) is 0 Å². The van der Waals surface area contributed by atoms with Gasteiger partial charge >= 0.3 is 10.0 Å². The Bertz CT molecular complexity index is 707. The molecular weight excluding hydrogens is 260 g/mol. The Labute approximate surface area is 112 Å². The summed E-state index contributed by atoms with van der Waals surface area (Å²) in [6.45, 7) is 1.74. The van der Waals surface area contributed by atoms with Crippen molar-refractivity contribution in [2.75, 3.05) is 0 Å².